The van der Waals surface area contributed by atoms with E-state index in [9.17, 15) is 0 Å². The van der Waals surface area contributed by atoms with E-state index in [1.54, 1.807) is 7.11 Å². The number of nitrogens with zero attached hydrogens (tertiary/aromatic N) is 1. The zero-order chi connectivity index (χ0) is 13.0. The summed E-state index contributed by atoms with van der Waals surface area (Å²) in [7, 11) is 1.71. The molecule has 0 spiro atoms. The van der Waals surface area contributed by atoms with Gasteiger partial charge in [0.25, 0.3) is 0 Å². The molecule has 1 atom stereocenters. The van der Waals surface area contributed by atoms with E-state index in [1.807, 2.05) is 6.07 Å². The van der Waals surface area contributed by atoms with Crippen molar-refractivity contribution in [1.82, 2.24) is 5.32 Å². The minimum atomic E-state index is 0.605. The van der Waals surface area contributed by atoms with Crippen LogP contribution in [-0.4, -0.2) is 32.8 Å². The predicted octanol–water partition coefficient (Wildman–Crippen LogP) is 3.04. The first kappa shape index (κ1) is 13.7. The molecule has 100 valence electrons. The third-order valence-electron chi connectivity index (χ3n) is 3.35. The molecule has 2 rings (SSSR count). The van der Waals surface area contributed by atoms with Crippen molar-refractivity contribution in [3.05, 3.63) is 22.7 Å². The molecule has 1 aliphatic heterocycles. The molecule has 0 amide bonds. The van der Waals surface area contributed by atoms with Crippen LogP contribution in [0.4, 0.5) is 5.69 Å². The summed E-state index contributed by atoms with van der Waals surface area (Å²) in [5, 5.41) is 3.58. The normalized spacial score (nSPS) is 19.9. The van der Waals surface area contributed by atoms with E-state index >= 15 is 0 Å². The number of rotatable bonds is 4. The number of anilines is 1. The summed E-state index contributed by atoms with van der Waals surface area (Å²) in [5.74, 6) is 0.907. The van der Waals surface area contributed by atoms with E-state index < -0.39 is 0 Å². The van der Waals surface area contributed by atoms with E-state index in [2.05, 4.69) is 45.2 Å². The van der Waals surface area contributed by atoms with Crippen LogP contribution in [0, 0.1) is 0 Å². The van der Waals surface area contributed by atoms with Crippen molar-refractivity contribution in [2.45, 2.75) is 25.8 Å². The second-order valence-corrected chi connectivity index (χ2v) is 5.65. The van der Waals surface area contributed by atoms with Crippen molar-refractivity contribution in [2.24, 2.45) is 0 Å². The molecule has 1 aromatic rings. The fraction of sp³-hybridized carbons (Fsp3) is 0.571. The minimum Gasteiger partial charge on any atom is -0.497 e. The summed E-state index contributed by atoms with van der Waals surface area (Å²) in [4.78, 5) is 2.43. The van der Waals surface area contributed by atoms with E-state index in [0.717, 1.165) is 29.9 Å². The number of ether oxygens (including phenoxy) is 1. The summed E-state index contributed by atoms with van der Waals surface area (Å²) in [6.07, 6.45) is 2.47. The molecular weight excluding hydrogens is 292 g/mol. The highest BCUT2D eigenvalue weighted by Gasteiger charge is 2.19. The molecule has 0 saturated carbocycles. The first-order chi connectivity index (χ1) is 8.72. The fourth-order valence-corrected chi connectivity index (χ4v) is 2.91. The first-order valence-corrected chi connectivity index (χ1v) is 7.35. The average molecular weight is 313 g/mol. The zero-order valence-corrected chi connectivity index (χ0v) is 12.7. The summed E-state index contributed by atoms with van der Waals surface area (Å²) < 4.78 is 6.40. The molecule has 18 heavy (non-hydrogen) atoms. The molecule has 1 aliphatic rings. The Kier molecular flexibility index (Phi) is 4.89. The molecule has 1 aromatic carbocycles. The maximum atomic E-state index is 5.33. The van der Waals surface area contributed by atoms with Crippen LogP contribution >= 0.6 is 15.9 Å². The molecule has 0 aromatic heterocycles. The summed E-state index contributed by atoms with van der Waals surface area (Å²) in [6.45, 7) is 5.43. The van der Waals surface area contributed by atoms with Crippen molar-refractivity contribution in [2.75, 3.05) is 31.6 Å². The Morgan fingerprint density at radius 2 is 2.28 bits per heavy atom. The number of methoxy groups -OCH3 is 1. The molecule has 1 fully saturated rings. The van der Waals surface area contributed by atoms with Crippen LogP contribution in [0.1, 0.15) is 19.8 Å². The summed E-state index contributed by atoms with van der Waals surface area (Å²) >= 11 is 3.54. The Hall–Kier alpha value is -0.740. The van der Waals surface area contributed by atoms with Crippen LogP contribution in [0.3, 0.4) is 0 Å². The molecule has 0 aliphatic carbocycles. The van der Waals surface area contributed by atoms with Gasteiger partial charge in [-0.15, -0.1) is 0 Å². The third kappa shape index (κ3) is 3.39. The fourth-order valence-electron chi connectivity index (χ4n) is 2.45. The lowest BCUT2D eigenvalue weighted by Gasteiger charge is -2.35. The van der Waals surface area contributed by atoms with Gasteiger partial charge in [-0.05, 0) is 18.6 Å². The third-order valence-corrected chi connectivity index (χ3v) is 3.81. The number of hydrogen-bond donors (Lipinski definition) is 1. The first-order valence-electron chi connectivity index (χ1n) is 6.56. The van der Waals surface area contributed by atoms with Gasteiger partial charge in [-0.2, -0.15) is 0 Å². The van der Waals surface area contributed by atoms with Crippen LogP contribution in [0.25, 0.3) is 0 Å². The maximum Gasteiger partial charge on any atom is 0.122 e. The second kappa shape index (κ2) is 6.43. The van der Waals surface area contributed by atoms with Crippen LogP contribution in [-0.2, 0) is 0 Å². The Morgan fingerprint density at radius 3 is 3.00 bits per heavy atom. The van der Waals surface area contributed by atoms with Gasteiger partial charge < -0.3 is 15.0 Å². The number of nitrogens with one attached hydrogen (secondary N) is 1. The Morgan fingerprint density at radius 1 is 1.44 bits per heavy atom. The van der Waals surface area contributed by atoms with Crippen LogP contribution in [0.5, 0.6) is 5.75 Å². The van der Waals surface area contributed by atoms with Crippen molar-refractivity contribution >= 4 is 21.6 Å². The standard InChI is InChI=1S/C14H21BrN2O/c1-3-4-12-10-17(6-5-16-12)13-7-11(15)8-14(9-13)18-2/h7-9,12,16H,3-6,10H2,1-2H3. The lowest BCUT2D eigenvalue weighted by Crippen LogP contribution is -2.50. The van der Waals surface area contributed by atoms with Crippen molar-refractivity contribution in [1.29, 1.82) is 0 Å². The largest absolute Gasteiger partial charge is 0.497 e. The lowest BCUT2D eigenvalue weighted by molar-refractivity contribution is 0.412. The van der Waals surface area contributed by atoms with E-state index in [-0.39, 0.29) is 0 Å². The molecule has 3 nitrogen and oxygen atoms in total. The smallest absolute Gasteiger partial charge is 0.122 e. The van der Waals surface area contributed by atoms with Crippen molar-refractivity contribution in [3.63, 3.8) is 0 Å². The van der Waals surface area contributed by atoms with Crippen molar-refractivity contribution in [3.8, 4) is 5.75 Å². The highest BCUT2D eigenvalue weighted by molar-refractivity contribution is 9.10. The molecule has 1 N–H and O–H groups in total. The molecule has 0 bridgehead atoms. The number of halogens is 1. The predicted molar refractivity (Wildman–Crippen MR) is 79.6 cm³/mol. The SMILES string of the molecule is CCCC1CN(c2cc(Br)cc(OC)c2)CCN1. The monoisotopic (exact) mass is 312 g/mol. The molecule has 0 radical (unpaired) electrons. The average Bonchev–Trinajstić information content (AvgIpc) is 2.39. The summed E-state index contributed by atoms with van der Waals surface area (Å²) in [5.41, 5.74) is 1.24. The molecule has 1 heterocycles. The van der Waals surface area contributed by atoms with E-state index in [4.69, 9.17) is 4.74 Å². The van der Waals surface area contributed by atoms with Crippen molar-refractivity contribution < 1.29 is 4.74 Å². The highest BCUT2D eigenvalue weighted by Crippen LogP contribution is 2.28. The van der Waals surface area contributed by atoms with Crippen LogP contribution in [0.2, 0.25) is 0 Å². The van der Waals surface area contributed by atoms with Crippen LogP contribution in [0.15, 0.2) is 22.7 Å². The number of piperazine rings is 1. The van der Waals surface area contributed by atoms with Gasteiger partial charge in [-0.1, -0.05) is 29.3 Å². The summed E-state index contributed by atoms with van der Waals surface area (Å²) in [6, 6.07) is 6.87. The van der Waals surface area contributed by atoms with Gasteiger partial charge in [-0.25, -0.2) is 0 Å². The van der Waals surface area contributed by atoms with E-state index in [1.165, 1.54) is 18.5 Å². The maximum absolute atomic E-state index is 5.33. The lowest BCUT2D eigenvalue weighted by atomic mass is 10.1. The molecule has 4 heteroatoms. The molecule has 1 unspecified atom stereocenters. The quantitative estimate of drug-likeness (QED) is 0.925. The molecular formula is C14H21BrN2O. The van der Waals surface area contributed by atoms with Gasteiger partial charge in [0.1, 0.15) is 5.75 Å². The molecule has 1 saturated heterocycles. The van der Waals surface area contributed by atoms with Gasteiger partial charge in [0.2, 0.25) is 0 Å². The van der Waals surface area contributed by atoms with Gasteiger partial charge in [0, 0.05) is 41.9 Å². The Labute approximate surface area is 118 Å². The van der Waals surface area contributed by atoms with E-state index in [0.29, 0.717) is 6.04 Å². The Bertz CT molecular complexity index is 395. The zero-order valence-electron chi connectivity index (χ0n) is 11.1. The van der Waals surface area contributed by atoms with Crippen LogP contribution < -0.4 is 15.0 Å². The number of hydrogen-bond acceptors (Lipinski definition) is 3. The minimum absolute atomic E-state index is 0.605. The van der Waals surface area contributed by atoms with Gasteiger partial charge in [0.05, 0.1) is 7.11 Å². The second-order valence-electron chi connectivity index (χ2n) is 4.73. The van der Waals surface area contributed by atoms with Gasteiger partial charge in [-0.3, -0.25) is 0 Å². The highest BCUT2D eigenvalue weighted by atomic mass is 79.9. The van der Waals surface area contributed by atoms with Gasteiger partial charge >= 0.3 is 0 Å². The topological polar surface area (TPSA) is 24.5 Å². The Balaban J connectivity index is 2.12. The number of benzene rings is 1. The van der Waals surface area contributed by atoms with Gasteiger partial charge in [0.15, 0.2) is 0 Å².